The number of methoxy groups -OCH3 is 1. The van der Waals surface area contributed by atoms with Crippen LogP contribution >= 0.6 is 11.6 Å². The molecule has 1 heterocycles. The zero-order valence-corrected chi connectivity index (χ0v) is 12.2. The monoisotopic (exact) mass is 331 g/mol. The fraction of sp³-hybridized carbons (Fsp3) is 0.0833. The van der Waals surface area contributed by atoms with Crippen molar-refractivity contribution in [1.29, 1.82) is 0 Å². The largest absolute Gasteiger partial charge is 0.497 e. The van der Waals surface area contributed by atoms with E-state index in [9.17, 15) is 13.2 Å². The third kappa shape index (κ3) is 3.29. The lowest BCUT2D eigenvalue weighted by molar-refractivity contribution is 0.0656. The molecule has 0 unspecified atom stereocenters. The Morgan fingerprint density at radius 2 is 2.05 bits per heavy atom. The Labute approximate surface area is 125 Å². The molecule has 7 nitrogen and oxygen atoms in total. The number of carboxylic acids is 1. The molecule has 0 atom stereocenters. The molecule has 0 saturated heterocycles. The van der Waals surface area contributed by atoms with Crippen LogP contribution in [0.1, 0.15) is 10.6 Å². The first-order valence-electron chi connectivity index (χ1n) is 5.53. The van der Waals surface area contributed by atoms with E-state index in [1.807, 2.05) is 0 Å². The maximum absolute atomic E-state index is 12.1. The number of hydrogen-bond donors (Lipinski definition) is 2. The van der Waals surface area contributed by atoms with Gasteiger partial charge in [-0.15, -0.1) is 0 Å². The van der Waals surface area contributed by atoms with Crippen molar-refractivity contribution in [3.63, 3.8) is 0 Å². The van der Waals surface area contributed by atoms with Gasteiger partial charge in [0.05, 0.1) is 17.8 Å². The molecule has 0 amide bonds. The van der Waals surface area contributed by atoms with Gasteiger partial charge in [-0.2, -0.15) is 8.42 Å². The second kappa shape index (κ2) is 5.66. The van der Waals surface area contributed by atoms with E-state index in [1.54, 1.807) is 6.07 Å². The average molecular weight is 332 g/mol. The Morgan fingerprint density at radius 3 is 2.62 bits per heavy atom. The number of furan rings is 1. The maximum Gasteiger partial charge on any atom is 0.371 e. The minimum Gasteiger partial charge on any atom is -0.497 e. The van der Waals surface area contributed by atoms with E-state index in [0.29, 0.717) is 5.75 Å². The molecule has 2 aromatic rings. The molecular weight excluding hydrogens is 322 g/mol. The maximum atomic E-state index is 12.1. The second-order valence-electron chi connectivity index (χ2n) is 3.88. The topological polar surface area (TPSA) is 106 Å². The average Bonchev–Trinajstić information content (AvgIpc) is 2.92. The fourth-order valence-corrected chi connectivity index (χ4v) is 2.71. The first kappa shape index (κ1) is 15.2. The summed E-state index contributed by atoms with van der Waals surface area (Å²) in [6.07, 6.45) is 0. The van der Waals surface area contributed by atoms with E-state index in [4.69, 9.17) is 25.9 Å². The minimum absolute atomic E-state index is 0.0873. The number of nitrogens with one attached hydrogen (secondary N) is 1. The van der Waals surface area contributed by atoms with Crippen LogP contribution in [0.4, 0.5) is 5.69 Å². The van der Waals surface area contributed by atoms with Crippen LogP contribution in [0.5, 0.6) is 5.75 Å². The van der Waals surface area contributed by atoms with Crippen molar-refractivity contribution in [3.8, 4) is 5.75 Å². The Bertz CT molecular complexity index is 783. The van der Waals surface area contributed by atoms with Crippen molar-refractivity contribution in [2.45, 2.75) is 5.09 Å². The number of carboxylic acid groups (broad SMARTS) is 1. The van der Waals surface area contributed by atoms with E-state index in [-0.39, 0.29) is 10.7 Å². The van der Waals surface area contributed by atoms with Crippen molar-refractivity contribution >= 4 is 33.3 Å². The fourth-order valence-electron chi connectivity index (χ4n) is 1.48. The number of carbonyl (C=O) groups is 1. The normalized spacial score (nSPS) is 11.1. The quantitative estimate of drug-likeness (QED) is 0.871. The Kier molecular flexibility index (Phi) is 4.10. The van der Waals surface area contributed by atoms with Gasteiger partial charge < -0.3 is 14.3 Å². The zero-order valence-electron chi connectivity index (χ0n) is 10.7. The minimum atomic E-state index is -4.09. The molecule has 0 aliphatic carbocycles. The van der Waals surface area contributed by atoms with Gasteiger partial charge >= 0.3 is 5.97 Å². The lowest BCUT2D eigenvalue weighted by Crippen LogP contribution is -2.12. The van der Waals surface area contributed by atoms with E-state index in [0.717, 1.165) is 12.1 Å². The highest BCUT2D eigenvalue weighted by Gasteiger charge is 2.22. The molecule has 2 rings (SSSR count). The molecule has 21 heavy (non-hydrogen) atoms. The molecule has 2 N–H and O–H groups in total. The standard InChI is InChI=1S/C12H10ClNO6S/c1-19-7-2-3-8(13)9(6-7)14-21(17,18)11-5-4-10(20-11)12(15)16/h2-6,14H,1H3,(H,15,16). The summed E-state index contributed by atoms with van der Waals surface area (Å²) >= 11 is 5.90. The number of rotatable bonds is 5. The van der Waals surface area contributed by atoms with E-state index < -0.39 is 26.8 Å². The number of ether oxygens (including phenoxy) is 1. The van der Waals surface area contributed by atoms with Crippen molar-refractivity contribution < 1.29 is 27.5 Å². The molecule has 9 heteroatoms. The molecule has 1 aromatic heterocycles. The van der Waals surface area contributed by atoms with E-state index in [2.05, 4.69) is 4.72 Å². The van der Waals surface area contributed by atoms with Gasteiger partial charge in [-0.05, 0) is 24.3 Å². The molecule has 0 aliphatic heterocycles. The Morgan fingerprint density at radius 1 is 1.33 bits per heavy atom. The summed E-state index contributed by atoms with van der Waals surface area (Å²) in [6, 6.07) is 6.50. The second-order valence-corrected chi connectivity index (χ2v) is 5.90. The molecule has 0 aliphatic rings. The molecule has 112 valence electrons. The van der Waals surface area contributed by atoms with E-state index >= 15 is 0 Å². The van der Waals surface area contributed by atoms with Crippen LogP contribution in [-0.2, 0) is 10.0 Å². The predicted octanol–water partition coefficient (Wildman–Crippen LogP) is 2.44. The molecule has 0 fully saturated rings. The lowest BCUT2D eigenvalue weighted by Gasteiger charge is -2.09. The van der Waals surface area contributed by atoms with Crippen LogP contribution < -0.4 is 9.46 Å². The van der Waals surface area contributed by atoms with Crippen LogP contribution in [-0.4, -0.2) is 26.6 Å². The molecule has 0 spiro atoms. The van der Waals surface area contributed by atoms with Crippen molar-refractivity contribution in [1.82, 2.24) is 0 Å². The summed E-state index contributed by atoms with van der Waals surface area (Å²) in [4.78, 5) is 10.7. The summed E-state index contributed by atoms with van der Waals surface area (Å²) in [6.45, 7) is 0. The third-order valence-corrected chi connectivity index (χ3v) is 4.04. The summed E-state index contributed by atoms with van der Waals surface area (Å²) in [5.74, 6) is -1.44. The zero-order chi connectivity index (χ0) is 15.6. The summed E-state index contributed by atoms with van der Waals surface area (Å²) in [5, 5.41) is 8.35. The van der Waals surface area contributed by atoms with Crippen LogP contribution in [0.25, 0.3) is 0 Å². The number of sulfonamides is 1. The number of anilines is 1. The van der Waals surface area contributed by atoms with Gasteiger partial charge in [0.15, 0.2) is 0 Å². The summed E-state index contributed by atoms with van der Waals surface area (Å²) in [7, 11) is -2.67. The van der Waals surface area contributed by atoms with E-state index in [1.165, 1.54) is 19.2 Å². The molecule has 1 aromatic carbocycles. The van der Waals surface area contributed by atoms with Crippen molar-refractivity contribution in [2.24, 2.45) is 0 Å². The first-order valence-corrected chi connectivity index (χ1v) is 7.39. The van der Waals surface area contributed by atoms with Crippen LogP contribution in [0, 0.1) is 0 Å². The molecule has 0 radical (unpaired) electrons. The number of benzene rings is 1. The van der Waals surface area contributed by atoms with Gasteiger partial charge in [0.1, 0.15) is 5.75 Å². The van der Waals surface area contributed by atoms with Crippen LogP contribution in [0.3, 0.4) is 0 Å². The van der Waals surface area contributed by atoms with Crippen molar-refractivity contribution in [2.75, 3.05) is 11.8 Å². The van der Waals surface area contributed by atoms with Crippen molar-refractivity contribution in [3.05, 3.63) is 41.1 Å². The predicted molar refractivity (Wildman–Crippen MR) is 74.5 cm³/mol. The Hall–Kier alpha value is -2.19. The van der Waals surface area contributed by atoms with Crippen LogP contribution in [0.2, 0.25) is 5.02 Å². The van der Waals surface area contributed by atoms with Gasteiger partial charge in [0.25, 0.3) is 10.0 Å². The number of halogens is 1. The number of hydrogen-bond acceptors (Lipinski definition) is 5. The number of aromatic carboxylic acids is 1. The lowest BCUT2D eigenvalue weighted by atomic mass is 10.3. The smallest absolute Gasteiger partial charge is 0.371 e. The molecule has 0 saturated carbocycles. The summed E-state index contributed by atoms with van der Waals surface area (Å²) in [5.41, 5.74) is 0.0873. The first-order chi connectivity index (χ1) is 9.83. The third-order valence-electron chi connectivity index (χ3n) is 2.47. The van der Waals surface area contributed by atoms with Gasteiger partial charge in [0.2, 0.25) is 10.9 Å². The van der Waals surface area contributed by atoms with Gasteiger partial charge in [-0.3, -0.25) is 4.72 Å². The highest BCUT2D eigenvalue weighted by Crippen LogP contribution is 2.29. The molecule has 0 bridgehead atoms. The van der Waals surface area contributed by atoms with Gasteiger partial charge in [0, 0.05) is 6.07 Å². The Balaban J connectivity index is 2.34. The summed E-state index contributed by atoms with van der Waals surface area (Å²) < 4.78 is 36.1. The SMILES string of the molecule is COc1ccc(Cl)c(NS(=O)(=O)c2ccc(C(=O)O)o2)c1. The highest BCUT2D eigenvalue weighted by atomic mass is 35.5. The molecular formula is C12H10ClNO6S. The van der Waals surface area contributed by atoms with Gasteiger partial charge in [-0.25, -0.2) is 4.79 Å². The van der Waals surface area contributed by atoms with Gasteiger partial charge in [-0.1, -0.05) is 11.6 Å². The highest BCUT2D eigenvalue weighted by molar-refractivity contribution is 7.92. The van der Waals surface area contributed by atoms with Crippen LogP contribution in [0.15, 0.2) is 39.8 Å².